The molecule has 1 unspecified atom stereocenters. The van der Waals surface area contributed by atoms with Gasteiger partial charge >= 0.3 is 5.97 Å². The normalized spacial score (nSPS) is 17.7. The predicted octanol–water partition coefficient (Wildman–Crippen LogP) is 3.32. The highest BCUT2D eigenvalue weighted by molar-refractivity contribution is 7.99. The molecule has 1 N–H and O–H groups in total. The van der Waals surface area contributed by atoms with Crippen molar-refractivity contribution in [2.45, 2.75) is 18.9 Å². The number of hydrogen-bond donors (Lipinski definition) is 1. The van der Waals surface area contributed by atoms with Gasteiger partial charge in [0.25, 0.3) is 0 Å². The number of thioether (sulfide) groups is 1. The molecule has 0 radical (unpaired) electrons. The Morgan fingerprint density at radius 3 is 3.00 bits per heavy atom. The molecule has 1 aliphatic heterocycles. The molecule has 0 amide bonds. The minimum Gasteiger partial charge on any atom is -0.493 e. The first kappa shape index (κ1) is 15.7. The Bertz CT molecular complexity index is 694. The number of nitrogens with zero attached hydrogens (tertiary/aromatic N) is 1. The number of hydrogen-bond acceptors (Lipinski definition) is 6. The third kappa shape index (κ3) is 3.44. The third-order valence-electron chi connectivity index (χ3n) is 3.60. The van der Waals surface area contributed by atoms with Crippen LogP contribution >= 0.6 is 11.8 Å². The summed E-state index contributed by atoms with van der Waals surface area (Å²) in [5, 5.41) is 12.6. The first-order chi connectivity index (χ1) is 11.2. The second-order valence-corrected chi connectivity index (χ2v) is 6.33. The van der Waals surface area contributed by atoms with Gasteiger partial charge in [0.2, 0.25) is 0 Å². The highest BCUT2D eigenvalue weighted by Gasteiger charge is 2.22. The van der Waals surface area contributed by atoms with Crippen LogP contribution in [0.5, 0.6) is 11.5 Å². The molecule has 1 aromatic heterocycles. The lowest BCUT2D eigenvalue weighted by atomic mass is 10.1. The number of benzene rings is 1. The van der Waals surface area contributed by atoms with E-state index in [2.05, 4.69) is 5.16 Å². The van der Waals surface area contributed by atoms with E-state index < -0.39 is 5.97 Å². The Morgan fingerprint density at radius 1 is 1.48 bits per heavy atom. The highest BCUT2D eigenvalue weighted by atomic mass is 32.2. The summed E-state index contributed by atoms with van der Waals surface area (Å²) in [6.45, 7) is 0. The van der Waals surface area contributed by atoms with Gasteiger partial charge in [0.1, 0.15) is 6.10 Å². The molecule has 7 heteroatoms. The van der Waals surface area contributed by atoms with Crippen LogP contribution in [-0.4, -0.2) is 41.0 Å². The molecular weight excluding hydrogens is 318 g/mol. The van der Waals surface area contributed by atoms with Crippen LogP contribution in [0.25, 0.3) is 11.3 Å². The lowest BCUT2D eigenvalue weighted by Crippen LogP contribution is -2.23. The number of aromatic carboxylic acids is 1. The topological polar surface area (TPSA) is 81.8 Å². The van der Waals surface area contributed by atoms with E-state index in [-0.39, 0.29) is 11.8 Å². The van der Waals surface area contributed by atoms with Crippen LogP contribution < -0.4 is 9.47 Å². The number of para-hydroxylation sites is 1. The number of carboxylic acid groups (broad SMARTS) is 1. The summed E-state index contributed by atoms with van der Waals surface area (Å²) < 4.78 is 16.7. The maximum atomic E-state index is 11.0. The van der Waals surface area contributed by atoms with Crippen LogP contribution in [0.2, 0.25) is 0 Å². The van der Waals surface area contributed by atoms with Crippen LogP contribution in [0, 0.1) is 0 Å². The summed E-state index contributed by atoms with van der Waals surface area (Å²) >= 11 is 1.87. The Balaban J connectivity index is 1.96. The zero-order chi connectivity index (χ0) is 16.2. The maximum absolute atomic E-state index is 11.0. The lowest BCUT2D eigenvalue weighted by molar-refractivity contribution is 0.0686. The molecule has 0 aliphatic carbocycles. The molecule has 0 bridgehead atoms. The quantitative estimate of drug-likeness (QED) is 0.897. The van der Waals surface area contributed by atoms with Crippen LogP contribution in [0.4, 0.5) is 0 Å². The molecular formula is C16H17NO5S. The molecule has 23 heavy (non-hydrogen) atoms. The van der Waals surface area contributed by atoms with E-state index >= 15 is 0 Å². The second-order valence-electron chi connectivity index (χ2n) is 5.18. The van der Waals surface area contributed by atoms with Gasteiger partial charge in [0.15, 0.2) is 23.0 Å². The number of rotatable bonds is 5. The van der Waals surface area contributed by atoms with E-state index in [0.717, 1.165) is 24.3 Å². The van der Waals surface area contributed by atoms with Gasteiger partial charge in [0, 0.05) is 11.8 Å². The fourth-order valence-corrected chi connectivity index (χ4v) is 3.50. The van der Waals surface area contributed by atoms with Crippen molar-refractivity contribution < 1.29 is 23.9 Å². The van der Waals surface area contributed by atoms with Gasteiger partial charge in [-0.3, -0.25) is 0 Å². The number of methoxy groups -OCH3 is 1. The average Bonchev–Trinajstić information content (AvgIpc) is 3.06. The van der Waals surface area contributed by atoms with E-state index in [1.807, 2.05) is 17.8 Å². The van der Waals surface area contributed by atoms with Crippen LogP contribution in [0.3, 0.4) is 0 Å². The minimum atomic E-state index is -1.13. The second kappa shape index (κ2) is 6.95. The van der Waals surface area contributed by atoms with Crippen LogP contribution in [0.1, 0.15) is 23.3 Å². The van der Waals surface area contributed by atoms with E-state index in [0.29, 0.717) is 22.8 Å². The van der Waals surface area contributed by atoms with Crippen molar-refractivity contribution in [3.05, 3.63) is 30.0 Å². The van der Waals surface area contributed by atoms with E-state index in [1.54, 1.807) is 19.2 Å². The van der Waals surface area contributed by atoms with Crippen molar-refractivity contribution in [2.24, 2.45) is 0 Å². The Hall–Kier alpha value is -2.15. The van der Waals surface area contributed by atoms with Gasteiger partial charge in [-0.15, -0.1) is 0 Å². The molecule has 0 saturated carbocycles. The molecule has 2 heterocycles. The molecule has 1 atom stereocenters. The smallest absolute Gasteiger partial charge is 0.358 e. The van der Waals surface area contributed by atoms with Crippen molar-refractivity contribution in [2.75, 3.05) is 18.6 Å². The fourth-order valence-electron chi connectivity index (χ4n) is 2.47. The highest BCUT2D eigenvalue weighted by Crippen LogP contribution is 2.40. The van der Waals surface area contributed by atoms with Gasteiger partial charge in [-0.25, -0.2) is 4.79 Å². The van der Waals surface area contributed by atoms with Crippen LogP contribution in [0.15, 0.2) is 28.8 Å². The van der Waals surface area contributed by atoms with Gasteiger partial charge < -0.3 is 19.1 Å². The molecule has 122 valence electrons. The Labute approximate surface area is 137 Å². The van der Waals surface area contributed by atoms with Crippen molar-refractivity contribution in [3.63, 3.8) is 0 Å². The summed E-state index contributed by atoms with van der Waals surface area (Å²) in [4.78, 5) is 11.0. The summed E-state index contributed by atoms with van der Waals surface area (Å²) in [6, 6.07) is 6.81. The maximum Gasteiger partial charge on any atom is 0.358 e. The van der Waals surface area contributed by atoms with E-state index in [4.69, 9.17) is 19.1 Å². The van der Waals surface area contributed by atoms with Crippen LogP contribution in [-0.2, 0) is 0 Å². The molecule has 1 aromatic carbocycles. The zero-order valence-corrected chi connectivity index (χ0v) is 13.5. The molecule has 1 aliphatic rings. The number of aromatic nitrogens is 1. The van der Waals surface area contributed by atoms with E-state index in [1.165, 1.54) is 6.07 Å². The van der Waals surface area contributed by atoms with Gasteiger partial charge in [-0.1, -0.05) is 11.2 Å². The lowest BCUT2D eigenvalue weighted by Gasteiger charge is -2.24. The molecule has 2 aromatic rings. The van der Waals surface area contributed by atoms with Crippen molar-refractivity contribution in [3.8, 4) is 22.8 Å². The molecule has 1 fully saturated rings. The molecule has 3 rings (SSSR count). The minimum absolute atomic E-state index is 0.102. The Kier molecular flexibility index (Phi) is 4.76. The number of ether oxygens (including phenoxy) is 2. The summed E-state index contributed by atoms with van der Waals surface area (Å²) in [6.07, 6.45) is 2.21. The largest absolute Gasteiger partial charge is 0.493 e. The Morgan fingerprint density at radius 2 is 2.35 bits per heavy atom. The van der Waals surface area contributed by atoms with Gasteiger partial charge in [-0.05, 0) is 30.7 Å². The first-order valence-corrected chi connectivity index (χ1v) is 8.46. The average molecular weight is 335 g/mol. The predicted molar refractivity (Wildman–Crippen MR) is 86.4 cm³/mol. The summed E-state index contributed by atoms with van der Waals surface area (Å²) in [5.41, 5.74) is 0.502. The fraction of sp³-hybridized carbons (Fsp3) is 0.375. The monoisotopic (exact) mass is 335 g/mol. The van der Waals surface area contributed by atoms with Crippen molar-refractivity contribution in [1.29, 1.82) is 0 Å². The van der Waals surface area contributed by atoms with Crippen molar-refractivity contribution >= 4 is 17.7 Å². The van der Waals surface area contributed by atoms with Crippen molar-refractivity contribution in [1.82, 2.24) is 5.16 Å². The standard InChI is InChI=1S/C16H17NO5S/c1-20-13-6-2-5-11(14-8-12(16(18)19)17-22-14)15(13)21-10-4-3-7-23-9-10/h2,5-6,8,10H,3-4,7,9H2,1H3,(H,18,19). The zero-order valence-electron chi connectivity index (χ0n) is 12.7. The molecule has 1 saturated heterocycles. The molecule has 0 spiro atoms. The summed E-state index contributed by atoms with van der Waals surface area (Å²) in [5.74, 6) is 2.45. The first-order valence-electron chi connectivity index (χ1n) is 7.31. The van der Waals surface area contributed by atoms with E-state index in [9.17, 15) is 4.79 Å². The molecule has 6 nitrogen and oxygen atoms in total. The van der Waals surface area contributed by atoms with Gasteiger partial charge in [-0.2, -0.15) is 11.8 Å². The number of carboxylic acids is 1. The SMILES string of the molecule is COc1cccc(-c2cc(C(=O)O)no2)c1OC1CCCSC1. The number of carbonyl (C=O) groups is 1. The summed E-state index contributed by atoms with van der Waals surface area (Å²) in [7, 11) is 1.57. The third-order valence-corrected chi connectivity index (χ3v) is 4.78. The van der Waals surface area contributed by atoms with Gasteiger partial charge in [0.05, 0.1) is 12.7 Å².